The van der Waals surface area contributed by atoms with Crippen molar-refractivity contribution in [2.45, 2.75) is 51.8 Å². The van der Waals surface area contributed by atoms with Gasteiger partial charge in [-0.3, -0.25) is 0 Å². The zero-order valence-corrected chi connectivity index (χ0v) is 19.3. The maximum absolute atomic E-state index is 12.6. The molecular formula is C25H32N4O3. The third-order valence-corrected chi connectivity index (χ3v) is 5.66. The lowest BCUT2D eigenvalue weighted by atomic mass is 10.2. The molecule has 0 radical (unpaired) electrons. The third kappa shape index (κ3) is 4.98. The molecule has 0 unspecified atom stereocenters. The summed E-state index contributed by atoms with van der Waals surface area (Å²) in [6.07, 6.45) is 1.69. The first-order valence-corrected chi connectivity index (χ1v) is 11.2. The molecule has 1 amide bonds. The molecule has 7 nitrogen and oxygen atoms in total. The van der Waals surface area contributed by atoms with Crippen LogP contribution in [0.1, 0.15) is 39.2 Å². The van der Waals surface area contributed by atoms with Crippen molar-refractivity contribution in [3.63, 3.8) is 0 Å². The second-order valence-corrected chi connectivity index (χ2v) is 9.21. The largest absolute Gasteiger partial charge is 0.497 e. The molecule has 4 rings (SSSR count). The molecule has 0 spiro atoms. The molecule has 1 fully saturated rings. The van der Waals surface area contributed by atoms with E-state index in [1.54, 1.807) is 7.11 Å². The van der Waals surface area contributed by atoms with Crippen molar-refractivity contribution in [2.24, 2.45) is 0 Å². The Morgan fingerprint density at radius 2 is 1.91 bits per heavy atom. The minimum Gasteiger partial charge on any atom is -0.497 e. The smallest absolute Gasteiger partial charge is 0.410 e. The lowest BCUT2D eigenvalue weighted by Gasteiger charge is -2.28. The topological polar surface area (TPSA) is 68.6 Å². The monoisotopic (exact) mass is 436 g/mol. The predicted molar refractivity (Wildman–Crippen MR) is 126 cm³/mol. The lowest BCUT2D eigenvalue weighted by molar-refractivity contribution is 0.0235. The van der Waals surface area contributed by atoms with Crippen LogP contribution in [-0.2, 0) is 11.3 Å². The Bertz CT molecular complexity index is 1070. The fourth-order valence-electron chi connectivity index (χ4n) is 4.10. The fourth-order valence-corrected chi connectivity index (χ4v) is 4.10. The molecule has 2 aromatic carbocycles. The maximum atomic E-state index is 12.6. The van der Waals surface area contributed by atoms with Crippen LogP contribution in [0.25, 0.3) is 11.0 Å². The molecule has 7 heteroatoms. The van der Waals surface area contributed by atoms with Crippen molar-refractivity contribution in [1.29, 1.82) is 0 Å². The van der Waals surface area contributed by atoms with Crippen LogP contribution in [-0.4, -0.2) is 52.4 Å². The van der Waals surface area contributed by atoms with E-state index in [0.717, 1.165) is 47.7 Å². The standard InChI is InChI=1S/C25H32N4O3/c1-25(2,3)32-24(30)28-15-7-8-19(28)16-26-23-27-21-9-5-6-10-22(21)29(23)17-18-11-13-20(31-4)14-12-18/h5-6,9-14,19H,7-8,15-17H2,1-4H3,(H,26,27)/t19-/m1/s1. The summed E-state index contributed by atoms with van der Waals surface area (Å²) in [5, 5.41) is 3.51. The fraction of sp³-hybridized carbons (Fsp3) is 0.440. The highest BCUT2D eigenvalue weighted by atomic mass is 16.6. The van der Waals surface area contributed by atoms with E-state index in [4.69, 9.17) is 14.5 Å². The minimum atomic E-state index is -0.496. The molecule has 1 aliphatic rings. The Morgan fingerprint density at radius 1 is 1.16 bits per heavy atom. The van der Waals surface area contributed by atoms with Gasteiger partial charge in [0, 0.05) is 13.1 Å². The molecular weight excluding hydrogens is 404 g/mol. The third-order valence-electron chi connectivity index (χ3n) is 5.66. The van der Waals surface area contributed by atoms with Gasteiger partial charge in [0.25, 0.3) is 0 Å². The van der Waals surface area contributed by atoms with Gasteiger partial charge in [0.2, 0.25) is 5.95 Å². The van der Waals surface area contributed by atoms with Gasteiger partial charge in [0.15, 0.2) is 0 Å². The Hall–Kier alpha value is -3.22. The van der Waals surface area contributed by atoms with Crippen LogP contribution in [0.15, 0.2) is 48.5 Å². The number of para-hydroxylation sites is 2. The van der Waals surface area contributed by atoms with Crippen molar-refractivity contribution in [3.8, 4) is 5.75 Å². The average molecular weight is 437 g/mol. The number of methoxy groups -OCH3 is 1. The first-order valence-electron chi connectivity index (χ1n) is 11.2. The van der Waals surface area contributed by atoms with Gasteiger partial charge in [-0.1, -0.05) is 24.3 Å². The second-order valence-electron chi connectivity index (χ2n) is 9.21. The SMILES string of the molecule is COc1ccc(Cn2c(NC[C@H]3CCCN3C(=O)OC(C)(C)C)nc3ccccc32)cc1. The van der Waals surface area contributed by atoms with E-state index in [1.165, 1.54) is 0 Å². The first kappa shape index (κ1) is 22.0. The van der Waals surface area contributed by atoms with Crippen LogP contribution in [0.3, 0.4) is 0 Å². The number of ether oxygens (including phenoxy) is 2. The van der Waals surface area contributed by atoms with Gasteiger partial charge in [-0.05, 0) is 63.4 Å². The number of carbonyl (C=O) groups excluding carboxylic acids is 1. The Balaban J connectivity index is 1.52. The summed E-state index contributed by atoms with van der Waals surface area (Å²) < 4.78 is 13.1. The van der Waals surface area contributed by atoms with E-state index in [-0.39, 0.29) is 12.1 Å². The number of benzene rings is 2. The summed E-state index contributed by atoms with van der Waals surface area (Å²) in [5.74, 6) is 1.64. The molecule has 1 saturated heterocycles. The number of amides is 1. The number of aromatic nitrogens is 2. The van der Waals surface area contributed by atoms with Crippen LogP contribution < -0.4 is 10.1 Å². The van der Waals surface area contributed by atoms with E-state index in [0.29, 0.717) is 13.1 Å². The summed E-state index contributed by atoms with van der Waals surface area (Å²) in [4.78, 5) is 19.3. The molecule has 1 aliphatic heterocycles. The predicted octanol–water partition coefficient (Wildman–Crippen LogP) is 4.90. The summed E-state index contributed by atoms with van der Waals surface area (Å²) in [6.45, 7) is 7.74. The molecule has 170 valence electrons. The molecule has 1 N–H and O–H groups in total. The Labute approximate surface area is 189 Å². The highest BCUT2D eigenvalue weighted by molar-refractivity contribution is 5.78. The van der Waals surface area contributed by atoms with Gasteiger partial charge in [-0.25, -0.2) is 9.78 Å². The molecule has 1 aromatic heterocycles. The molecule has 1 atom stereocenters. The number of hydrogen-bond donors (Lipinski definition) is 1. The Morgan fingerprint density at radius 3 is 2.62 bits per heavy atom. The number of anilines is 1. The van der Waals surface area contributed by atoms with Gasteiger partial charge in [0.1, 0.15) is 11.4 Å². The highest BCUT2D eigenvalue weighted by Crippen LogP contribution is 2.25. The van der Waals surface area contributed by atoms with Crippen molar-refractivity contribution in [2.75, 3.05) is 25.5 Å². The molecule has 0 bridgehead atoms. The summed E-state index contributed by atoms with van der Waals surface area (Å²) >= 11 is 0. The summed E-state index contributed by atoms with van der Waals surface area (Å²) in [7, 11) is 1.67. The van der Waals surface area contributed by atoms with E-state index in [2.05, 4.69) is 28.1 Å². The number of nitrogens with one attached hydrogen (secondary N) is 1. The van der Waals surface area contributed by atoms with E-state index in [1.807, 2.05) is 56.0 Å². The van der Waals surface area contributed by atoms with Crippen LogP contribution in [0.2, 0.25) is 0 Å². The molecule has 2 heterocycles. The number of imidazole rings is 1. The number of rotatable bonds is 6. The van der Waals surface area contributed by atoms with Gasteiger partial charge < -0.3 is 24.3 Å². The number of fused-ring (bicyclic) bond motifs is 1. The average Bonchev–Trinajstić information content (AvgIpc) is 3.36. The van der Waals surface area contributed by atoms with Crippen LogP contribution >= 0.6 is 0 Å². The normalized spacial score (nSPS) is 16.4. The zero-order valence-electron chi connectivity index (χ0n) is 19.3. The maximum Gasteiger partial charge on any atom is 0.410 e. The molecule has 0 saturated carbocycles. The van der Waals surface area contributed by atoms with E-state index >= 15 is 0 Å². The highest BCUT2D eigenvalue weighted by Gasteiger charge is 2.32. The van der Waals surface area contributed by atoms with E-state index in [9.17, 15) is 4.79 Å². The summed E-state index contributed by atoms with van der Waals surface area (Å²) in [5.41, 5.74) is 2.68. The van der Waals surface area contributed by atoms with Crippen LogP contribution in [0.4, 0.5) is 10.7 Å². The second kappa shape index (κ2) is 9.10. The van der Waals surface area contributed by atoms with E-state index < -0.39 is 5.60 Å². The molecule has 3 aromatic rings. The van der Waals surface area contributed by atoms with Gasteiger partial charge in [0.05, 0.1) is 30.7 Å². The number of likely N-dealkylation sites (tertiary alicyclic amines) is 1. The number of nitrogens with zero attached hydrogens (tertiary/aromatic N) is 3. The minimum absolute atomic E-state index is 0.0825. The zero-order chi connectivity index (χ0) is 22.7. The van der Waals surface area contributed by atoms with Crippen LogP contribution in [0.5, 0.6) is 5.75 Å². The lowest BCUT2D eigenvalue weighted by Crippen LogP contribution is -2.42. The number of carbonyl (C=O) groups is 1. The first-order chi connectivity index (χ1) is 15.3. The molecule has 32 heavy (non-hydrogen) atoms. The summed E-state index contributed by atoms with van der Waals surface area (Å²) in [6, 6.07) is 16.3. The van der Waals surface area contributed by atoms with Crippen molar-refractivity contribution in [3.05, 3.63) is 54.1 Å². The van der Waals surface area contributed by atoms with Gasteiger partial charge >= 0.3 is 6.09 Å². The van der Waals surface area contributed by atoms with Crippen LogP contribution in [0, 0.1) is 0 Å². The molecule has 0 aliphatic carbocycles. The van der Waals surface area contributed by atoms with Crippen molar-refractivity contribution >= 4 is 23.1 Å². The quantitative estimate of drug-likeness (QED) is 0.595. The van der Waals surface area contributed by atoms with Gasteiger partial charge in [-0.15, -0.1) is 0 Å². The van der Waals surface area contributed by atoms with Crippen molar-refractivity contribution in [1.82, 2.24) is 14.5 Å². The Kier molecular flexibility index (Phi) is 6.26. The van der Waals surface area contributed by atoms with Gasteiger partial charge in [-0.2, -0.15) is 0 Å². The van der Waals surface area contributed by atoms with Crippen molar-refractivity contribution < 1.29 is 14.3 Å². The number of hydrogen-bond acceptors (Lipinski definition) is 5.